The van der Waals surface area contributed by atoms with Crippen molar-refractivity contribution < 1.29 is 0 Å². The van der Waals surface area contributed by atoms with Crippen molar-refractivity contribution >= 4 is 30.2 Å². The predicted octanol–water partition coefficient (Wildman–Crippen LogP) is 3.50. The standard InChI is InChI=1S/C23H26BN5/c1-13-9-19(24)10-14(2)21(13)29-16(4)15(3)20-22(26-17(5)27-23(20)29)28-8-6-7-18(11-25)12-28/h9-10,18H,6-8,12H2,1-5H3. The van der Waals surface area contributed by atoms with Gasteiger partial charge in [-0.2, -0.15) is 5.26 Å². The zero-order valence-electron chi connectivity index (χ0n) is 17.9. The van der Waals surface area contributed by atoms with Crippen LogP contribution in [0.4, 0.5) is 5.82 Å². The Morgan fingerprint density at radius 3 is 2.45 bits per heavy atom. The highest BCUT2D eigenvalue weighted by Crippen LogP contribution is 2.36. The first kappa shape index (κ1) is 19.5. The monoisotopic (exact) mass is 383 g/mol. The van der Waals surface area contributed by atoms with Gasteiger partial charge >= 0.3 is 0 Å². The van der Waals surface area contributed by atoms with E-state index in [2.05, 4.69) is 43.2 Å². The Bertz CT molecular complexity index is 1130. The number of nitriles is 1. The zero-order valence-corrected chi connectivity index (χ0v) is 17.9. The molecule has 0 aliphatic carbocycles. The highest BCUT2D eigenvalue weighted by molar-refractivity contribution is 6.32. The molecule has 146 valence electrons. The molecule has 0 bridgehead atoms. The van der Waals surface area contributed by atoms with Gasteiger partial charge in [0.2, 0.25) is 0 Å². The molecule has 0 spiro atoms. The summed E-state index contributed by atoms with van der Waals surface area (Å²) >= 11 is 0. The maximum Gasteiger partial charge on any atom is 0.150 e. The lowest BCUT2D eigenvalue weighted by molar-refractivity contribution is 0.491. The van der Waals surface area contributed by atoms with E-state index in [0.717, 1.165) is 76.6 Å². The molecule has 5 nitrogen and oxygen atoms in total. The lowest BCUT2D eigenvalue weighted by atomic mass is 9.91. The quantitative estimate of drug-likeness (QED) is 0.636. The smallest absolute Gasteiger partial charge is 0.150 e. The van der Waals surface area contributed by atoms with Gasteiger partial charge < -0.3 is 4.90 Å². The van der Waals surface area contributed by atoms with E-state index in [0.29, 0.717) is 0 Å². The molecule has 1 unspecified atom stereocenters. The van der Waals surface area contributed by atoms with Gasteiger partial charge in [0.1, 0.15) is 19.5 Å². The van der Waals surface area contributed by atoms with Crippen molar-refractivity contribution in [3.05, 3.63) is 40.3 Å². The second-order valence-corrected chi connectivity index (χ2v) is 8.26. The molecule has 1 aliphatic rings. The van der Waals surface area contributed by atoms with Crippen LogP contribution in [0.2, 0.25) is 0 Å². The van der Waals surface area contributed by atoms with E-state index in [1.54, 1.807) is 0 Å². The third-order valence-electron chi connectivity index (χ3n) is 6.09. The molecule has 2 aromatic heterocycles. The Kier molecular flexibility index (Phi) is 4.86. The van der Waals surface area contributed by atoms with Crippen LogP contribution in [0, 0.1) is 51.9 Å². The van der Waals surface area contributed by atoms with Gasteiger partial charge in [0.15, 0.2) is 5.65 Å². The summed E-state index contributed by atoms with van der Waals surface area (Å²) in [5, 5.41) is 10.5. The van der Waals surface area contributed by atoms with E-state index >= 15 is 0 Å². The maximum absolute atomic E-state index is 9.43. The summed E-state index contributed by atoms with van der Waals surface area (Å²) in [7, 11) is 6.07. The average Bonchev–Trinajstić information content (AvgIpc) is 2.91. The van der Waals surface area contributed by atoms with Crippen LogP contribution in [-0.2, 0) is 0 Å². The summed E-state index contributed by atoms with van der Waals surface area (Å²) in [5.41, 5.74) is 7.43. The van der Waals surface area contributed by atoms with Gasteiger partial charge in [0, 0.05) is 18.8 Å². The zero-order chi connectivity index (χ0) is 20.9. The fraction of sp³-hybridized carbons (Fsp3) is 0.435. The Balaban J connectivity index is 2.00. The number of aromatic nitrogens is 3. The number of benzene rings is 1. The van der Waals surface area contributed by atoms with Gasteiger partial charge in [-0.15, -0.1) is 0 Å². The fourth-order valence-electron chi connectivity index (χ4n) is 4.67. The molecule has 1 aliphatic heterocycles. The normalized spacial score (nSPS) is 17.0. The van der Waals surface area contributed by atoms with E-state index in [1.807, 2.05) is 19.1 Å². The highest BCUT2D eigenvalue weighted by atomic mass is 15.2. The lowest BCUT2D eigenvalue weighted by Gasteiger charge is -2.31. The minimum Gasteiger partial charge on any atom is -0.355 e. The van der Waals surface area contributed by atoms with Crippen molar-refractivity contribution in [2.45, 2.75) is 47.5 Å². The van der Waals surface area contributed by atoms with Crippen LogP contribution in [0.1, 0.15) is 41.1 Å². The molecule has 1 saturated heterocycles. The summed E-state index contributed by atoms with van der Waals surface area (Å²) in [4.78, 5) is 12.0. The second-order valence-electron chi connectivity index (χ2n) is 8.26. The summed E-state index contributed by atoms with van der Waals surface area (Å²) in [6, 6.07) is 6.47. The number of hydrogen-bond donors (Lipinski definition) is 0. The summed E-state index contributed by atoms with van der Waals surface area (Å²) < 4.78 is 2.25. The van der Waals surface area contributed by atoms with Crippen LogP contribution in [-0.4, -0.2) is 35.5 Å². The first-order valence-corrected chi connectivity index (χ1v) is 10.2. The number of nitrogens with zero attached hydrogens (tertiary/aromatic N) is 5. The molecular formula is C23H26BN5. The molecule has 3 aromatic rings. The van der Waals surface area contributed by atoms with Gasteiger partial charge in [0.05, 0.1) is 23.1 Å². The van der Waals surface area contributed by atoms with E-state index in [-0.39, 0.29) is 5.92 Å². The molecule has 0 amide bonds. The van der Waals surface area contributed by atoms with Crippen LogP contribution in [0.3, 0.4) is 0 Å². The van der Waals surface area contributed by atoms with Gasteiger partial charge in [-0.05, 0) is 64.2 Å². The molecule has 3 heterocycles. The van der Waals surface area contributed by atoms with E-state index in [1.165, 1.54) is 5.56 Å². The molecule has 0 N–H and O–H groups in total. The van der Waals surface area contributed by atoms with Crippen LogP contribution in [0.15, 0.2) is 12.1 Å². The third-order valence-corrected chi connectivity index (χ3v) is 6.09. The second kappa shape index (κ2) is 7.22. The predicted molar refractivity (Wildman–Crippen MR) is 118 cm³/mol. The molecule has 1 fully saturated rings. The first-order valence-electron chi connectivity index (χ1n) is 10.2. The first-order chi connectivity index (χ1) is 13.8. The van der Waals surface area contributed by atoms with E-state index in [9.17, 15) is 5.26 Å². The number of aryl methyl sites for hydroxylation is 4. The Morgan fingerprint density at radius 1 is 1.10 bits per heavy atom. The van der Waals surface area contributed by atoms with Gasteiger partial charge in [0.25, 0.3) is 0 Å². The van der Waals surface area contributed by atoms with Crippen molar-refractivity contribution in [3.63, 3.8) is 0 Å². The highest BCUT2D eigenvalue weighted by Gasteiger charge is 2.26. The molecular weight excluding hydrogens is 357 g/mol. The van der Waals surface area contributed by atoms with E-state index < -0.39 is 0 Å². The van der Waals surface area contributed by atoms with Crippen LogP contribution < -0.4 is 10.4 Å². The van der Waals surface area contributed by atoms with Crippen molar-refractivity contribution in [1.82, 2.24) is 14.5 Å². The number of fused-ring (bicyclic) bond motifs is 1. The molecule has 1 atom stereocenters. The Hall–Kier alpha value is -2.81. The van der Waals surface area contributed by atoms with Crippen LogP contribution in [0.5, 0.6) is 0 Å². The molecule has 1 aromatic carbocycles. The lowest BCUT2D eigenvalue weighted by Crippen LogP contribution is -2.35. The molecule has 0 saturated carbocycles. The van der Waals surface area contributed by atoms with Crippen molar-refractivity contribution in [2.24, 2.45) is 5.92 Å². The van der Waals surface area contributed by atoms with Crippen molar-refractivity contribution in [3.8, 4) is 11.8 Å². The minimum atomic E-state index is 0.0548. The van der Waals surface area contributed by atoms with Crippen molar-refractivity contribution in [2.75, 3.05) is 18.0 Å². The average molecular weight is 383 g/mol. The molecule has 29 heavy (non-hydrogen) atoms. The maximum atomic E-state index is 9.43. The van der Waals surface area contributed by atoms with E-state index in [4.69, 9.17) is 17.8 Å². The number of hydrogen-bond acceptors (Lipinski definition) is 4. The van der Waals surface area contributed by atoms with Gasteiger partial charge in [-0.3, -0.25) is 4.57 Å². The largest absolute Gasteiger partial charge is 0.355 e. The van der Waals surface area contributed by atoms with Crippen LogP contribution in [0.25, 0.3) is 16.7 Å². The summed E-state index contributed by atoms with van der Waals surface area (Å²) in [6.07, 6.45) is 1.97. The van der Waals surface area contributed by atoms with Gasteiger partial charge in [-0.25, -0.2) is 9.97 Å². The number of anilines is 1. The Morgan fingerprint density at radius 2 is 1.79 bits per heavy atom. The molecule has 4 rings (SSSR count). The van der Waals surface area contributed by atoms with Crippen LogP contribution >= 0.6 is 0 Å². The third kappa shape index (κ3) is 3.19. The molecule has 2 radical (unpaired) electrons. The number of piperidine rings is 1. The molecule has 6 heteroatoms. The van der Waals surface area contributed by atoms with Gasteiger partial charge in [-0.1, -0.05) is 17.6 Å². The summed E-state index contributed by atoms with van der Waals surface area (Å²) in [5.74, 6) is 1.76. The minimum absolute atomic E-state index is 0.0548. The van der Waals surface area contributed by atoms with Crippen molar-refractivity contribution in [1.29, 1.82) is 5.26 Å². The fourth-order valence-corrected chi connectivity index (χ4v) is 4.67. The Labute approximate surface area is 173 Å². The topological polar surface area (TPSA) is 57.7 Å². The SMILES string of the molecule is [B]c1cc(C)c(-n2c(C)c(C)c3c(N4CCCC(C#N)C4)nc(C)nc32)c(C)c1. The summed E-state index contributed by atoms with van der Waals surface area (Å²) in [6.45, 7) is 12.1. The number of rotatable bonds is 2.